The molecule has 0 radical (unpaired) electrons. The third-order valence-electron chi connectivity index (χ3n) is 4.88. The van der Waals surface area contributed by atoms with Crippen LogP contribution in [0.5, 0.6) is 5.75 Å². The normalized spacial score (nSPS) is 15.6. The zero-order valence-electron chi connectivity index (χ0n) is 16.0. The Balaban J connectivity index is 1.39. The van der Waals surface area contributed by atoms with Crippen molar-refractivity contribution in [3.05, 3.63) is 53.0 Å². The molecule has 3 rings (SSSR count). The lowest BCUT2D eigenvalue weighted by Gasteiger charge is -2.36. The topological polar surface area (TPSA) is 61.9 Å². The number of nitrogens with zero attached hydrogens (tertiary/aromatic N) is 2. The van der Waals surface area contributed by atoms with Crippen molar-refractivity contribution < 1.29 is 13.2 Å². The summed E-state index contributed by atoms with van der Waals surface area (Å²) in [5, 5.41) is 0. The number of nitrogens with one attached hydrogen (secondary N) is 1. The molecule has 0 saturated carbocycles. The van der Waals surface area contributed by atoms with Gasteiger partial charge in [0, 0.05) is 42.9 Å². The summed E-state index contributed by atoms with van der Waals surface area (Å²) in [6.45, 7) is 5.22. The minimum atomic E-state index is -3.44. The number of rotatable bonds is 8. The van der Waals surface area contributed by atoms with E-state index in [2.05, 4.69) is 42.6 Å². The zero-order valence-corrected chi connectivity index (χ0v) is 18.4. The van der Waals surface area contributed by atoms with Gasteiger partial charge in [0.1, 0.15) is 5.75 Å². The fraction of sp³-hybridized carbons (Fsp3) is 0.400. The van der Waals surface area contributed by atoms with Crippen LogP contribution < -0.4 is 14.4 Å². The van der Waals surface area contributed by atoms with E-state index >= 15 is 0 Å². The first-order valence-electron chi connectivity index (χ1n) is 9.34. The minimum Gasteiger partial charge on any atom is -0.497 e. The van der Waals surface area contributed by atoms with Gasteiger partial charge in [0.15, 0.2) is 0 Å². The lowest BCUT2D eigenvalue weighted by atomic mass is 10.2. The molecule has 2 aromatic rings. The highest BCUT2D eigenvalue weighted by molar-refractivity contribution is 9.10. The Bertz CT molecular complexity index is 849. The number of methoxy groups -OCH3 is 1. The molecule has 0 spiro atoms. The van der Waals surface area contributed by atoms with Gasteiger partial charge in [-0.05, 0) is 61.5 Å². The van der Waals surface area contributed by atoms with Crippen molar-refractivity contribution in [3.63, 3.8) is 0 Å². The number of hydrogen-bond acceptors (Lipinski definition) is 5. The van der Waals surface area contributed by atoms with Crippen LogP contribution in [0.25, 0.3) is 0 Å². The van der Waals surface area contributed by atoms with E-state index in [1.165, 1.54) is 5.69 Å². The maximum atomic E-state index is 12.3. The van der Waals surface area contributed by atoms with Crippen LogP contribution in [0.3, 0.4) is 0 Å². The third-order valence-corrected chi connectivity index (χ3v) is 6.88. The van der Waals surface area contributed by atoms with Gasteiger partial charge < -0.3 is 9.64 Å². The van der Waals surface area contributed by atoms with Crippen LogP contribution in [0.1, 0.15) is 6.42 Å². The molecule has 0 aromatic heterocycles. The van der Waals surface area contributed by atoms with Crippen molar-refractivity contribution in [2.45, 2.75) is 11.3 Å². The summed E-state index contributed by atoms with van der Waals surface area (Å²) in [6, 6.07) is 14.8. The van der Waals surface area contributed by atoms with Gasteiger partial charge >= 0.3 is 0 Å². The van der Waals surface area contributed by atoms with Crippen LogP contribution in [-0.2, 0) is 10.0 Å². The summed E-state index contributed by atoms with van der Waals surface area (Å²) in [7, 11) is -1.77. The molecule has 6 nitrogen and oxygen atoms in total. The predicted molar refractivity (Wildman–Crippen MR) is 116 cm³/mol. The molecule has 0 atom stereocenters. The average Bonchev–Trinajstić information content (AvgIpc) is 2.72. The number of anilines is 1. The van der Waals surface area contributed by atoms with Crippen LogP contribution in [0, 0.1) is 0 Å². The van der Waals surface area contributed by atoms with Crippen molar-refractivity contribution in [2.75, 3.05) is 51.3 Å². The van der Waals surface area contributed by atoms with Crippen molar-refractivity contribution in [3.8, 4) is 5.75 Å². The first kappa shape index (κ1) is 21.1. The van der Waals surface area contributed by atoms with E-state index in [0.717, 1.165) is 49.4 Å². The molecule has 2 aromatic carbocycles. The molecule has 0 unspecified atom stereocenters. The summed E-state index contributed by atoms with van der Waals surface area (Å²) < 4.78 is 33.3. The van der Waals surface area contributed by atoms with E-state index in [9.17, 15) is 8.42 Å². The first-order chi connectivity index (χ1) is 13.5. The average molecular weight is 468 g/mol. The van der Waals surface area contributed by atoms with E-state index in [4.69, 9.17) is 4.74 Å². The first-order valence-corrected chi connectivity index (χ1v) is 11.6. The second-order valence-electron chi connectivity index (χ2n) is 6.73. The van der Waals surface area contributed by atoms with Crippen LogP contribution in [0.4, 0.5) is 5.69 Å². The largest absolute Gasteiger partial charge is 0.497 e. The Hall–Kier alpha value is -1.61. The third kappa shape index (κ3) is 5.70. The van der Waals surface area contributed by atoms with Gasteiger partial charge in [0.05, 0.1) is 12.0 Å². The second kappa shape index (κ2) is 9.73. The fourth-order valence-electron chi connectivity index (χ4n) is 3.23. The van der Waals surface area contributed by atoms with Crippen LogP contribution in [-0.4, -0.2) is 59.7 Å². The highest BCUT2D eigenvalue weighted by Gasteiger charge is 2.18. The Morgan fingerprint density at radius 3 is 2.25 bits per heavy atom. The van der Waals surface area contributed by atoms with Gasteiger partial charge in [0.25, 0.3) is 0 Å². The van der Waals surface area contributed by atoms with Gasteiger partial charge in [-0.1, -0.05) is 15.9 Å². The lowest BCUT2D eigenvalue weighted by Crippen LogP contribution is -2.47. The minimum absolute atomic E-state index is 0.295. The maximum absolute atomic E-state index is 12.3. The smallest absolute Gasteiger partial charge is 0.240 e. The number of piperazine rings is 1. The molecule has 1 saturated heterocycles. The molecule has 152 valence electrons. The van der Waals surface area contributed by atoms with Crippen LogP contribution >= 0.6 is 15.9 Å². The Morgan fingerprint density at radius 2 is 1.64 bits per heavy atom. The van der Waals surface area contributed by atoms with Crippen LogP contribution in [0.15, 0.2) is 57.9 Å². The van der Waals surface area contributed by atoms with E-state index < -0.39 is 10.0 Å². The highest BCUT2D eigenvalue weighted by atomic mass is 79.9. The Kier molecular flexibility index (Phi) is 7.34. The second-order valence-corrected chi connectivity index (χ2v) is 9.41. The van der Waals surface area contributed by atoms with Crippen molar-refractivity contribution in [1.29, 1.82) is 0 Å². The molecule has 0 bridgehead atoms. The molecule has 0 aliphatic carbocycles. The van der Waals surface area contributed by atoms with Gasteiger partial charge in [-0.15, -0.1) is 0 Å². The van der Waals surface area contributed by atoms with Gasteiger partial charge in [-0.3, -0.25) is 4.90 Å². The maximum Gasteiger partial charge on any atom is 0.240 e. The molecule has 1 aliphatic heterocycles. The van der Waals surface area contributed by atoms with E-state index in [0.29, 0.717) is 11.4 Å². The molecule has 0 amide bonds. The van der Waals surface area contributed by atoms with Crippen molar-refractivity contribution in [1.82, 2.24) is 9.62 Å². The molecular formula is C20H26BrN3O3S. The van der Waals surface area contributed by atoms with E-state index in [1.54, 1.807) is 31.4 Å². The molecule has 1 aliphatic rings. The fourth-order valence-corrected chi connectivity index (χ4v) is 4.57. The SMILES string of the molecule is COc1ccc(N2CCN(CCCNS(=O)(=O)c3ccc(Br)cc3)CC2)cc1. The number of hydrogen-bond donors (Lipinski definition) is 1. The number of ether oxygens (including phenoxy) is 1. The summed E-state index contributed by atoms with van der Waals surface area (Å²) >= 11 is 3.32. The Labute approximate surface area is 175 Å². The van der Waals surface area contributed by atoms with Crippen molar-refractivity contribution in [2.24, 2.45) is 0 Å². The molecular weight excluding hydrogens is 442 g/mol. The molecule has 1 heterocycles. The number of benzene rings is 2. The zero-order chi connectivity index (χ0) is 20.0. The number of sulfonamides is 1. The van der Waals surface area contributed by atoms with Gasteiger partial charge in [-0.2, -0.15) is 0 Å². The highest BCUT2D eigenvalue weighted by Crippen LogP contribution is 2.20. The quantitative estimate of drug-likeness (QED) is 0.604. The predicted octanol–water partition coefficient (Wildman–Crippen LogP) is 2.95. The lowest BCUT2D eigenvalue weighted by molar-refractivity contribution is 0.255. The summed E-state index contributed by atoms with van der Waals surface area (Å²) in [4.78, 5) is 5.05. The molecule has 28 heavy (non-hydrogen) atoms. The number of halogens is 1. The summed E-state index contributed by atoms with van der Waals surface area (Å²) in [6.07, 6.45) is 0.790. The molecule has 1 fully saturated rings. The standard InChI is InChI=1S/C20H26BrN3O3S/c1-27-19-7-5-18(6-8-19)24-15-13-23(14-16-24)12-2-11-22-28(25,26)20-9-3-17(21)4-10-20/h3-10,22H,2,11-16H2,1H3. The Morgan fingerprint density at radius 1 is 1.00 bits per heavy atom. The monoisotopic (exact) mass is 467 g/mol. The van der Waals surface area contributed by atoms with Gasteiger partial charge in [-0.25, -0.2) is 13.1 Å². The van der Waals surface area contributed by atoms with E-state index in [-0.39, 0.29) is 0 Å². The molecule has 8 heteroatoms. The van der Waals surface area contributed by atoms with Crippen molar-refractivity contribution >= 4 is 31.6 Å². The summed E-state index contributed by atoms with van der Waals surface area (Å²) in [5.41, 5.74) is 1.21. The summed E-state index contributed by atoms with van der Waals surface area (Å²) in [5.74, 6) is 0.868. The molecule has 1 N–H and O–H groups in total. The van der Waals surface area contributed by atoms with Crippen LogP contribution in [0.2, 0.25) is 0 Å². The van der Waals surface area contributed by atoms with Gasteiger partial charge in [0.2, 0.25) is 10.0 Å². The van der Waals surface area contributed by atoms with E-state index in [1.807, 2.05) is 12.1 Å².